The molecule has 0 atom stereocenters. The van der Waals surface area contributed by atoms with Crippen molar-refractivity contribution in [3.8, 4) is 5.75 Å². The first kappa shape index (κ1) is 23.7. The van der Waals surface area contributed by atoms with Crippen LogP contribution >= 0.6 is 0 Å². The molecule has 0 spiro atoms. The van der Waals surface area contributed by atoms with Crippen LogP contribution in [0.4, 0.5) is 0 Å². The summed E-state index contributed by atoms with van der Waals surface area (Å²) in [4.78, 5) is 15.3. The van der Waals surface area contributed by atoms with Crippen LogP contribution in [0.15, 0.2) is 84.9 Å². The number of carbonyl (C=O) groups excluding carboxylic acids is 1. The van der Waals surface area contributed by atoms with E-state index in [0.29, 0.717) is 24.4 Å². The third-order valence-electron chi connectivity index (χ3n) is 5.87. The highest BCUT2D eigenvalue weighted by molar-refractivity contribution is 7.88. The van der Waals surface area contributed by atoms with Crippen molar-refractivity contribution in [2.24, 2.45) is 0 Å². The first-order chi connectivity index (χ1) is 16.5. The predicted molar refractivity (Wildman–Crippen MR) is 135 cm³/mol. The zero-order valence-electron chi connectivity index (χ0n) is 19.1. The van der Waals surface area contributed by atoms with E-state index >= 15 is 0 Å². The summed E-state index contributed by atoms with van der Waals surface area (Å²) in [7, 11) is -1.85. The van der Waals surface area contributed by atoms with Gasteiger partial charge in [-0.05, 0) is 23.3 Å². The van der Waals surface area contributed by atoms with E-state index in [1.807, 2.05) is 91.0 Å². The van der Waals surface area contributed by atoms with Crippen LogP contribution in [-0.2, 0) is 20.6 Å². The van der Waals surface area contributed by atoms with Crippen molar-refractivity contribution in [1.29, 1.82) is 0 Å². The minimum absolute atomic E-state index is 0.0369. The van der Waals surface area contributed by atoms with E-state index in [2.05, 4.69) is 0 Å². The van der Waals surface area contributed by atoms with Gasteiger partial charge in [-0.2, -0.15) is 4.31 Å². The van der Waals surface area contributed by atoms with E-state index in [4.69, 9.17) is 4.74 Å². The summed E-state index contributed by atoms with van der Waals surface area (Å²) >= 11 is 0. The minimum atomic E-state index is -3.45. The van der Waals surface area contributed by atoms with Gasteiger partial charge >= 0.3 is 0 Å². The lowest BCUT2D eigenvalue weighted by Crippen LogP contribution is -2.50. The number of rotatable bonds is 7. The highest BCUT2D eigenvalue weighted by atomic mass is 32.2. The van der Waals surface area contributed by atoms with Crippen molar-refractivity contribution >= 4 is 27.6 Å². The summed E-state index contributed by atoms with van der Waals surface area (Å²) in [5, 5.41) is 0. The summed E-state index contributed by atoms with van der Waals surface area (Å²) in [5.74, 6) is 0.517. The molecular formula is C27H28N2O4S. The Hall–Kier alpha value is -3.42. The first-order valence-electron chi connectivity index (χ1n) is 11.2. The zero-order chi connectivity index (χ0) is 24.0. The van der Waals surface area contributed by atoms with Crippen LogP contribution in [0.5, 0.6) is 5.75 Å². The molecule has 176 valence electrons. The molecule has 4 rings (SSSR count). The number of methoxy groups -OCH3 is 1. The summed E-state index contributed by atoms with van der Waals surface area (Å²) in [6.07, 6.45) is 1.84. The molecule has 1 amide bonds. The van der Waals surface area contributed by atoms with Crippen molar-refractivity contribution in [3.05, 3.63) is 102 Å². The fourth-order valence-electron chi connectivity index (χ4n) is 4.04. The second-order valence-electron chi connectivity index (χ2n) is 8.10. The van der Waals surface area contributed by atoms with E-state index in [-0.39, 0.29) is 24.7 Å². The molecule has 3 aromatic carbocycles. The van der Waals surface area contributed by atoms with Crippen LogP contribution in [0.3, 0.4) is 0 Å². The topological polar surface area (TPSA) is 66.9 Å². The first-order valence-corrected chi connectivity index (χ1v) is 12.8. The van der Waals surface area contributed by atoms with Crippen molar-refractivity contribution < 1.29 is 17.9 Å². The number of sulfonamides is 1. The lowest BCUT2D eigenvalue weighted by atomic mass is 10.0. The Morgan fingerprint density at radius 1 is 0.853 bits per heavy atom. The molecule has 1 saturated heterocycles. The number of benzene rings is 3. The minimum Gasteiger partial charge on any atom is -0.496 e. The maximum atomic E-state index is 13.6. The molecule has 1 fully saturated rings. The quantitative estimate of drug-likeness (QED) is 0.383. The van der Waals surface area contributed by atoms with E-state index in [1.165, 1.54) is 4.31 Å². The molecule has 0 aliphatic carbocycles. The monoisotopic (exact) mass is 476 g/mol. The fourth-order valence-corrected chi connectivity index (χ4v) is 5.56. The summed E-state index contributed by atoms with van der Waals surface area (Å²) in [5.41, 5.74) is 2.91. The molecule has 0 aromatic heterocycles. The Bertz CT molecular complexity index is 1250. The van der Waals surface area contributed by atoms with Gasteiger partial charge in [0.1, 0.15) is 5.75 Å². The summed E-state index contributed by atoms with van der Waals surface area (Å²) < 4.78 is 32.7. The molecule has 7 heteroatoms. The SMILES string of the molecule is COc1ccccc1/C=C(/C(=O)N1CCN(S(=O)(=O)Cc2ccccc2)CC1)c1ccccc1. The molecule has 1 aliphatic rings. The van der Waals surface area contributed by atoms with E-state index in [1.54, 1.807) is 12.0 Å². The van der Waals surface area contributed by atoms with Gasteiger partial charge in [-0.15, -0.1) is 0 Å². The van der Waals surface area contributed by atoms with Crippen LogP contribution in [-0.4, -0.2) is 56.8 Å². The standard InChI is InChI=1S/C27H28N2O4S/c1-33-26-15-9-8-14-24(26)20-25(23-12-6-3-7-13-23)27(30)28-16-18-29(19-17-28)34(31,32)21-22-10-4-2-5-11-22/h2-15,20H,16-19,21H2,1H3/b25-20+. The average molecular weight is 477 g/mol. The van der Waals surface area contributed by atoms with Gasteiger partial charge in [0, 0.05) is 37.3 Å². The van der Waals surface area contributed by atoms with E-state index in [0.717, 1.165) is 16.7 Å². The molecule has 0 radical (unpaired) electrons. The summed E-state index contributed by atoms with van der Waals surface area (Å²) in [6, 6.07) is 26.2. The van der Waals surface area contributed by atoms with E-state index in [9.17, 15) is 13.2 Å². The summed E-state index contributed by atoms with van der Waals surface area (Å²) in [6.45, 7) is 1.22. The third kappa shape index (κ3) is 5.55. The van der Waals surface area contributed by atoms with Gasteiger partial charge in [0.25, 0.3) is 5.91 Å². The van der Waals surface area contributed by atoms with Crippen molar-refractivity contribution in [3.63, 3.8) is 0 Å². The number of ether oxygens (including phenoxy) is 1. The lowest BCUT2D eigenvalue weighted by Gasteiger charge is -2.34. The Balaban J connectivity index is 1.53. The Labute approximate surface area is 201 Å². The van der Waals surface area contributed by atoms with Crippen LogP contribution in [0, 0.1) is 0 Å². The van der Waals surface area contributed by atoms with Crippen molar-refractivity contribution in [2.45, 2.75) is 5.75 Å². The molecule has 3 aromatic rings. The predicted octanol–water partition coefficient (Wildman–Crippen LogP) is 3.91. The van der Waals surface area contributed by atoms with Gasteiger partial charge < -0.3 is 9.64 Å². The van der Waals surface area contributed by atoms with Gasteiger partial charge in [0.15, 0.2) is 0 Å². The van der Waals surface area contributed by atoms with Crippen LogP contribution < -0.4 is 4.74 Å². The number of nitrogens with zero attached hydrogens (tertiary/aromatic N) is 2. The molecular weight excluding hydrogens is 448 g/mol. The Kier molecular flexibility index (Phi) is 7.45. The Morgan fingerprint density at radius 3 is 2.09 bits per heavy atom. The second kappa shape index (κ2) is 10.7. The number of carbonyl (C=O) groups is 1. The normalized spacial score (nSPS) is 15.2. The molecule has 1 heterocycles. The molecule has 34 heavy (non-hydrogen) atoms. The van der Waals surface area contributed by atoms with Crippen molar-refractivity contribution in [2.75, 3.05) is 33.3 Å². The molecule has 0 bridgehead atoms. The van der Waals surface area contributed by atoms with Crippen LogP contribution in [0.25, 0.3) is 11.6 Å². The highest BCUT2D eigenvalue weighted by Crippen LogP contribution is 2.27. The molecule has 0 N–H and O–H groups in total. The van der Waals surface area contributed by atoms with Gasteiger partial charge in [0.2, 0.25) is 10.0 Å². The number of amides is 1. The zero-order valence-corrected chi connectivity index (χ0v) is 19.9. The maximum absolute atomic E-state index is 13.6. The number of hydrogen-bond donors (Lipinski definition) is 0. The van der Waals surface area contributed by atoms with Gasteiger partial charge in [-0.3, -0.25) is 4.79 Å². The number of piperazine rings is 1. The van der Waals surface area contributed by atoms with Crippen molar-refractivity contribution in [1.82, 2.24) is 9.21 Å². The second-order valence-corrected chi connectivity index (χ2v) is 10.1. The van der Waals surface area contributed by atoms with E-state index < -0.39 is 10.0 Å². The maximum Gasteiger partial charge on any atom is 0.254 e. The lowest BCUT2D eigenvalue weighted by molar-refractivity contribution is -0.126. The molecule has 6 nitrogen and oxygen atoms in total. The number of para-hydroxylation sites is 1. The van der Waals surface area contributed by atoms with Gasteiger partial charge in [-0.25, -0.2) is 8.42 Å². The van der Waals surface area contributed by atoms with Gasteiger partial charge in [0.05, 0.1) is 12.9 Å². The molecule has 0 saturated carbocycles. The molecule has 1 aliphatic heterocycles. The average Bonchev–Trinajstić information content (AvgIpc) is 2.88. The Morgan fingerprint density at radius 2 is 1.44 bits per heavy atom. The van der Waals surface area contributed by atoms with Crippen LogP contribution in [0.1, 0.15) is 16.7 Å². The fraction of sp³-hybridized carbons (Fsp3) is 0.222. The largest absolute Gasteiger partial charge is 0.496 e. The van der Waals surface area contributed by atoms with Gasteiger partial charge in [-0.1, -0.05) is 78.9 Å². The number of hydrogen-bond acceptors (Lipinski definition) is 4. The highest BCUT2D eigenvalue weighted by Gasteiger charge is 2.30. The third-order valence-corrected chi connectivity index (χ3v) is 7.72. The smallest absolute Gasteiger partial charge is 0.254 e. The molecule has 0 unspecified atom stereocenters. The van der Waals surface area contributed by atoms with Crippen LogP contribution in [0.2, 0.25) is 0 Å².